The summed E-state index contributed by atoms with van der Waals surface area (Å²) in [6, 6.07) is 12.5. The number of halogens is 1. The fourth-order valence-corrected chi connectivity index (χ4v) is 2.58. The van der Waals surface area contributed by atoms with Crippen molar-refractivity contribution >= 4 is 11.6 Å². The maximum atomic E-state index is 6.33. The van der Waals surface area contributed by atoms with Crippen molar-refractivity contribution in [3.8, 4) is 0 Å². The van der Waals surface area contributed by atoms with Gasteiger partial charge in [-0.05, 0) is 42.1 Å². The number of nitrogens with zero attached hydrogens (tertiary/aromatic N) is 1. The lowest BCUT2D eigenvalue weighted by Crippen LogP contribution is -2.24. The van der Waals surface area contributed by atoms with E-state index in [9.17, 15) is 0 Å². The summed E-state index contributed by atoms with van der Waals surface area (Å²) in [6.07, 6.45) is 2.87. The number of pyridine rings is 1. The van der Waals surface area contributed by atoms with Gasteiger partial charge in [-0.1, -0.05) is 56.6 Å². The highest BCUT2D eigenvalue weighted by Gasteiger charge is 2.17. The fraction of sp³-hybridized carbons (Fsp3) is 0.389. The molecular formula is C18H23ClN2. The Morgan fingerprint density at radius 3 is 2.33 bits per heavy atom. The lowest BCUT2D eigenvalue weighted by Gasteiger charge is -2.20. The molecule has 0 aliphatic heterocycles. The predicted octanol–water partition coefficient (Wildman–Crippen LogP) is 4.95. The van der Waals surface area contributed by atoms with E-state index in [1.54, 1.807) is 6.20 Å². The summed E-state index contributed by atoms with van der Waals surface area (Å²) in [5.41, 5.74) is 3.44. The lowest BCUT2D eigenvalue weighted by atomic mass is 9.97. The van der Waals surface area contributed by atoms with E-state index in [1.807, 2.05) is 12.1 Å². The molecular weight excluding hydrogens is 280 g/mol. The maximum absolute atomic E-state index is 6.33. The van der Waals surface area contributed by atoms with Gasteiger partial charge in [-0.25, -0.2) is 0 Å². The summed E-state index contributed by atoms with van der Waals surface area (Å²) in [6.45, 7) is 7.50. The van der Waals surface area contributed by atoms with Crippen molar-refractivity contribution in [1.82, 2.24) is 10.3 Å². The van der Waals surface area contributed by atoms with Crippen LogP contribution in [0.15, 0.2) is 42.6 Å². The molecule has 2 rings (SSSR count). The molecule has 1 heterocycles. The van der Waals surface area contributed by atoms with Crippen LogP contribution in [0.1, 0.15) is 56.0 Å². The van der Waals surface area contributed by atoms with Gasteiger partial charge in [0.15, 0.2) is 0 Å². The van der Waals surface area contributed by atoms with Gasteiger partial charge in [0.1, 0.15) is 0 Å². The summed E-state index contributed by atoms with van der Waals surface area (Å²) in [4.78, 5) is 4.47. The quantitative estimate of drug-likeness (QED) is 0.817. The van der Waals surface area contributed by atoms with Crippen molar-refractivity contribution in [2.45, 2.75) is 39.2 Å². The molecule has 1 aromatic heterocycles. The van der Waals surface area contributed by atoms with Crippen molar-refractivity contribution in [2.24, 2.45) is 0 Å². The highest BCUT2D eigenvalue weighted by atomic mass is 35.5. The van der Waals surface area contributed by atoms with Gasteiger partial charge in [0, 0.05) is 6.20 Å². The van der Waals surface area contributed by atoms with Crippen molar-refractivity contribution in [2.75, 3.05) is 6.54 Å². The van der Waals surface area contributed by atoms with E-state index < -0.39 is 0 Å². The largest absolute Gasteiger partial charge is 0.305 e. The molecule has 0 amide bonds. The maximum Gasteiger partial charge on any atom is 0.0804 e. The van der Waals surface area contributed by atoms with Gasteiger partial charge in [0.05, 0.1) is 16.8 Å². The van der Waals surface area contributed by atoms with Crippen LogP contribution in [0.25, 0.3) is 0 Å². The molecule has 0 fully saturated rings. The van der Waals surface area contributed by atoms with Gasteiger partial charge >= 0.3 is 0 Å². The normalized spacial score (nSPS) is 12.6. The number of rotatable bonds is 6. The first-order chi connectivity index (χ1) is 10.1. The fourth-order valence-electron chi connectivity index (χ4n) is 2.34. The summed E-state index contributed by atoms with van der Waals surface area (Å²) in [5, 5.41) is 4.25. The first kappa shape index (κ1) is 16.0. The van der Waals surface area contributed by atoms with E-state index in [0.717, 1.165) is 18.7 Å². The SMILES string of the molecule is CCCNC(c1ccc(C(C)C)cc1)c1ncccc1Cl. The smallest absolute Gasteiger partial charge is 0.0804 e. The van der Waals surface area contributed by atoms with Gasteiger partial charge in [-0.3, -0.25) is 4.98 Å². The molecule has 1 atom stereocenters. The standard InChI is InChI=1S/C18H23ClN2/c1-4-11-20-17(18-16(19)6-5-12-21-18)15-9-7-14(8-10-15)13(2)3/h5-10,12-13,17,20H,4,11H2,1-3H3. The molecule has 0 aliphatic rings. The third kappa shape index (κ3) is 4.05. The Kier molecular flexibility index (Phi) is 5.77. The molecule has 1 N–H and O–H groups in total. The van der Waals surface area contributed by atoms with Gasteiger partial charge in [-0.2, -0.15) is 0 Å². The van der Waals surface area contributed by atoms with Crippen LogP contribution < -0.4 is 5.32 Å². The van der Waals surface area contributed by atoms with E-state index in [2.05, 4.69) is 55.3 Å². The number of benzene rings is 1. The molecule has 1 unspecified atom stereocenters. The number of nitrogens with one attached hydrogen (secondary N) is 1. The second kappa shape index (κ2) is 7.58. The Bertz CT molecular complexity index is 564. The first-order valence-electron chi connectivity index (χ1n) is 7.57. The zero-order valence-corrected chi connectivity index (χ0v) is 13.7. The molecule has 2 nitrogen and oxygen atoms in total. The first-order valence-corrected chi connectivity index (χ1v) is 7.95. The Morgan fingerprint density at radius 2 is 1.76 bits per heavy atom. The number of hydrogen-bond acceptors (Lipinski definition) is 2. The van der Waals surface area contributed by atoms with E-state index in [1.165, 1.54) is 11.1 Å². The molecule has 1 aromatic carbocycles. The monoisotopic (exact) mass is 302 g/mol. The average Bonchev–Trinajstić information content (AvgIpc) is 2.50. The minimum absolute atomic E-state index is 0.0415. The lowest BCUT2D eigenvalue weighted by molar-refractivity contribution is 0.586. The van der Waals surface area contributed by atoms with Gasteiger partial charge in [-0.15, -0.1) is 0 Å². The summed E-state index contributed by atoms with van der Waals surface area (Å²) in [5.74, 6) is 0.541. The van der Waals surface area contributed by atoms with Crippen LogP contribution in [-0.4, -0.2) is 11.5 Å². The number of aromatic nitrogens is 1. The van der Waals surface area contributed by atoms with Crippen LogP contribution in [0.3, 0.4) is 0 Å². The highest BCUT2D eigenvalue weighted by Crippen LogP contribution is 2.27. The summed E-state index contributed by atoms with van der Waals surface area (Å²) < 4.78 is 0. The van der Waals surface area contributed by atoms with E-state index in [-0.39, 0.29) is 6.04 Å². The molecule has 0 radical (unpaired) electrons. The van der Waals surface area contributed by atoms with Crippen molar-refractivity contribution in [3.05, 3.63) is 64.4 Å². The van der Waals surface area contributed by atoms with Crippen LogP contribution in [0.4, 0.5) is 0 Å². The third-order valence-electron chi connectivity index (χ3n) is 3.60. The van der Waals surface area contributed by atoms with Gasteiger partial charge in [0.2, 0.25) is 0 Å². The molecule has 0 aliphatic carbocycles. The van der Waals surface area contributed by atoms with Crippen LogP contribution in [0, 0.1) is 0 Å². The Balaban J connectivity index is 2.33. The van der Waals surface area contributed by atoms with Crippen LogP contribution in [0.2, 0.25) is 5.02 Å². The minimum Gasteiger partial charge on any atom is -0.305 e. The van der Waals surface area contributed by atoms with Crippen LogP contribution >= 0.6 is 11.6 Å². The summed E-state index contributed by atoms with van der Waals surface area (Å²) >= 11 is 6.33. The molecule has 112 valence electrons. The molecule has 0 spiro atoms. The van der Waals surface area contributed by atoms with Crippen molar-refractivity contribution in [1.29, 1.82) is 0 Å². The second-order valence-corrected chi connectivity index (χ2v) is 5.99. The average molecular weight is 303 g/mol. The zero-order chi connectivity index (χ0) is 15.2. The van der Waals surface area contributed by atoms with E-state index in [0.29, 0.717) is 10.9 Å². The Morgan fingerprint density at radius 1 is 1.10 bits per heavy atom. The Labute approximate surface area is 132 Å². The molecule has 0 saturated heterocycles. The van der Waals surface area contributed by atoms with Crippen molar-refractivity contribution in [3.63, 3.8) is 0 Å². The van der Waals surface area contributed by atoms with E-state index in [4.69, 9.17) is 11.6 Å². The van der Waals surface area contributed by atoms with Gasteiger partial charge in [0.25, 0.3) is 0 Å². The topological polar surface area (TPSA) is 24.9 Å². The third-order valence-corrected chi connectivity index (χ3v) is 3.91. The highest BCUT2D eigenvalue weighted by molar-refractivity contribution is 6.31. The zero-order valence-electron chi connectivity index (χ0n) is 12.9. The molecule has 3 heteroatoms. The van der Waals surface area contributed by atoms with Crippen LogP contribution in [-0.2, 0) is 0 Å². The van der Waals surface area contributed by atoms with Gasteiger partial charge < -0.3 is 5.32 Å². The molecule has 0 bridgehead atoms. The molecule has 2 aromatic rings. The van der Waals surface area contributed by atoms with Crippen molar-refractivity contribution < 1.29 is 0 Å². The number of hydrogen-bond donors (Lipinski definition) is 1. The second-order valence-electron chi connectivity index (χ2n) is 5.58. The van der Waals surface area contributed by atoms with E-state index >= 15 is 0 Å². The Hall–Kier alpha value is -1.38. The molecule has 0 saturated carbocycles. The van der Waals surface area contributed by atoms with Crippen LogP contribution in [0.5, 0.6) is 0 Å². The molecule has 21 heavy (non-hydrogen) atoms. The summed E-state index contributed by atoms with van der Waals surface area (Å²) in [7, 11) is 0. The minimum atomic E-state index is 0.0415. The predicted molar refractivity (Wildman–Crippen MR) is 89.9 cm³/mol.